The van der Waals surface area contributed by atoms with Crippen LogP contribution in [0.1, 0.15) is 44.4 Å². The van der Waals surface area contributed by atoms with Gasteiger partial charge in [-0.2, -0.15) is 0 Å². The number of hydrogen-bond acceptors (Lipinski definition) is 6. The van der Waals surface area contributed by atoms with Gasteiger partial charge in [0, 0.05) is 23.5 Å². The van der Waals surface area contributed by atoms with Crippen LogP contribution in [0.3, 0.4) is 0 Å². The third-order valence-electron chi connectivity index (χ3n) is 9.81. The number of carbonyl (C=O) groups is 2. The molecule has 2 amide bonds. The number of imide groups is 1. The molecule has 3 aromatic carbocycles. The molecule has 2 N–H and O–H groups in total. The molecular formula is C40H38FN3O4. The van der Waals surface area contributed by atoms with Gasteiger partial charge in [-0.05, 0) is 109 Å². The van der Waals surface area contributed by atoms with Gasteiger partial charge in [0.15, 0.2) is 11.6 Å². The van der Waals surface area contributed by atoms with Crippen molar-refractivity contribution in [1.82, 2.24) is 4.98 Å². The van der Waals surface area contributed by atoms with Crippen molar-refractivity contribution in [1.29, 1.82) is 0 Å². The smallest absolute Gasteiger partial charge is 0.238 e. The molecule has 244 valence electrons. The Labute approximate surface area is 279 Å². The van der Waals surface area contributed by atoms with Crippen LogP contribution in [-0.4, -0.2) is 34.6 Å². The number of benzene rings is 3. The first-order valence-corrected chi connectivity index (χ1v) is 16.5. The summed E-state index contributed by atoms with van der Waals surface area (Å²) in [5, 5.41) is 13.0. The quantitative estimate of drug-likeness (QED) is 0.141. The molecule has 0 bridgehead atoms. The molecule has 2 aliphatic heterocycles. The number of allylic oxidation sites excluding steroid dienone is 2. The number of aromatic hydroxyl groups is 1. The fourth-order valence-electron chi connectivity index (χ4n) is 7.52. The molecule has 2 saturated heterocycles. The number of fused-ring (bicyclic) bond motifs is 3. The normalized spacial score (nSPS) is 22.3. The number of phenols is 1. The van der Waals surface area contributed by atoms with Crippen LogP contribution >= 0.6 is 0 Å². The molecule has 3 heterocycles. The summed E-state index contributed by atoms with van der Waals surface area (Å²) in [4.78, 5) is 34.0. The van der Waals surface area contributed by atoms with Crippen molar-refractivity contribution in [2.45, 2.75) is 39.2 Å². The first-order chi connectivity index (χ1) is 23.3. The summed E-state index contributed by atoms with van der Waals surface area (Å²) in [7, 11) is 0. The number of rotatable bonds is 9. The van der Waals surface area contributed by atoms with E-state index >= 15 is 0 Å². The third kappa shape index (κ3) is 6.04. The van der Waals surface area contributed by atoms with Gasteiger partial charge in [-0.25, -0.2) is 4.39 Å². The fourth-order valence-corrected chi connectivity index (χ4v) is 7.52. The van der Waals surface area contributed by atoms with Gasteiger partial charge in [0.1, 0.15) is 0 Å². The predicted octanol–water partition coefficient (Wildman–Crippen LogP) is 8.17. The zero-order chi connectivity index (χ0) is 33.4. The van der Waals surface area contributed by atoms with E-state index in [2.05, 4.69) is 24.1 Å². The number of phenolic OH excluding ortho intramolecular Hbond substituents is 1. The summed E-state index contributed by atoms with van der Waals surface area (Å²) in [5.41, 5.74) is 7.09. The summed E-state index contributed by atoms with van der Waals surface area (Å²) >= 11 is 0. The van der Waals surface area contributed by atoms with Crippen LogP contribution < -0.4 is 10.2 Å². The van der Waals surface area contributed by atoms with Gasteiger partial charge in [-0.1, -0.05) is 49.8 Å². The SMILES string of the molecule is CC(C)C1=C2[C@@H](CC/C(=C/c3ccc(O)c(F)c3)c3ccccn3)OC[C@@H]2[C@@H]2C(=O)N(c3ccc(Nc4ccccc4)cc3)C(=O)[C@@H]2C1. The highest BCUT2D eigenvalue weighted by molar-refractivity contribution is 6.22. The van der Waals surface area contributed by atoms with Gasteiger partial charge < -0.3 is 15.2 Å². The van der Waals surface area contributed by atoms with E-state index in [4.69, 9.17) is 4.74 Å². The first-order valence-electron chi connectivity index (χ1n) is 16.5. The number of amides is 2. The maximum atomic E-state index is 14.2. The molecule has 0 spiro atoms. The lowest BCUT2D eigenvalue weighted by atomic mass is 9.67. The second kappa shape index (κ2) is 13.2. The van der Waals surface area contributed by atoms with Crippen LogP contribution in [0.2, 0.25) is 0 Å². The van der Waals surface area contributed by atoms with Gasteiger partial charge in [-0.3, -0.25) is 19.5 Å². The van der Waals surface area contributed by atoms with Crippen LogP contribution in [-0.2, 0) is 14.3 Å². The third-order valence-corrected chi connectivity index (χ3v) is 9.81. The Morgan fingerprint density at radius 1 is 0.979 bits per heavy atom. The standard InChI is InChI=1S/C40H38FN3O4/c1-24(2)30-22-31-38(40(47)44(39(31)46)29-15-13-28(14-16-29)43-27-8-4-3-5-9-27)32-23-48-36(37(30)32)18-12-26(34-10-6-7-19-42-34)20-25-11-17-35(45)33(41)21-25/h3-11,13-17,19-21,24,31-32,36,38,43,45H,12,18,22-23H2,1-2H3/b26-20-/t31-,32+,36-,38-/m1/s1. The van der Waals surface area contributed by atoms with Crippen molar-refractivity contribution in [3.8, 4) is 5.75 Å². The largest absolute Gasteiger partial charge is 0.505 e. The van der Waals surface area contributed by atoms with E-state index in [1.54, 1.807) is 12.3 Å². The number of nitrogens with one attached hydrogen (secondary N) is 1. The Morgan fingerprint density at radius 2 is 1.73 bits per heavy atom. The van der Waals surface area contributed by atoms with Crippen LogP contribution in [0, 0.1) is 29.5 Å². The van der Waals surface area contributed by atoms with Gasteiger partial charge in [0.2, 0.25) is 11.8 Å². The minimum Gasteiger partial charge on any atom is -0.505 e. The predicted molar refractivity (Wildman–Crippen MR) is 185 cm³/mol. The van der Waals surface area contributed by atoms with E-state index in [0.717, 1.165) is 28.2 Å². The van der Waals surface area contributed by atoms with Gasteiger partial charge in [0.25, 0.3) is 0 Å². The summed E-state index contributed by atoms with van der Waals surface area (Å²) in [6, 6.07) is 27.3. The van der Waals surface area contributed by atoms with Crippen LogP contribution in [0.15, 0.2) is 108 Å². The second-order valence-electron chi connectivity index (χ2n) is 13.1. The molecule has 0 unspecified atom stereocenters. The molecule has 8 heteroatoms. The number of carbonyl (C=O) groups excluding carboxylic acids is 2. The molecule has 0 saturated carbocycles. The number of hydrogen-bond donors (Lipinski definition) is 2. The second-order valence-corrected chi connectivity index (χ2v) is 13.1. The number of anilines is 3. The Morgan fingerprint density at radius 3 is 2.44 bits per heavy atom. The minimum absolute atomic E-state index is 0.143. The molecule has 1 aromatic heterocycles. The number of ether oxygens (including phenoxy) is 1. The molecule has 2 fully saturated rings. The first kappa shape index (κ1) is 31.5. The number of para-hydroxylation sites is 1. The lowest BCUT2D eigenvalue weighted by Crippen LogP contribution is -2.35. The van der Waals surface area contributed by atoms with Gasteiger partial charge in [-0.15, -0.1) is 0 Å². The fraction of sp³-hybridized carbons (Fsp3) is 0.275. The van der Waals surface area contributed by atoms with E-state index in [-0.39, 0.29) is 29.8 Å². The lowest BCUT2D eigenvalue weighted by molar-refractivity contribution is -0.122. The molecule has 48 heavy (non-hydrogen) atoms. The topological polar surface area (TPSA) is 91.8 Å². The van der Waals surface area contributed by atoms with Crippen molar-refractivity contribution in [2.75, 3.05) is 16.8 Å². The van der Waals surface area contributed by atoms with E-state index in [9.17, 15) is 19.1 Å². The van der Waals surface area contributed by atoms with Crippen LogP contribution in [0.5, 0.6) is 5.75 Å². The summed E-state index contributed by atoms with van der Waals surface area (Å²) in [6.07, 6.45) is 5.19. The average molecular weight is 644 g/mol. The monoisotopic (exact) mass is 643 g/mol. The number of aromatic nitrogens is 1. The number of halogens is 1. The summed E-state index contributed by atoms with van der Waals surface area (Å²) in [6.45, 7) is 4.67. The van der Waals surface area contributed by atoms with Crippen LogP contribution in [0.4, 0.5) is 21.5 Å². The van der Waals surface area contributed by atoms with E-state index in [1.807, 2.05) is 78.9 Å². The van der Waals surface area contributed by atoms with Crippen molar-refractivity contribution in [3.63, 3.8) is 0 Å². The van der Waals surface area contributed by atoms with Crippen molar-refractivity contribution < 1.29 is 23.8 Å². The Bertz CT molecular complexity index is 1890. The summed E-state index contributed by atoms with van der Waals surface area (Å²) < 4.78 is 20.7. The van der Waals surface area contributed by atoms with E-state index in [1.165, 1.54) is 22.6 Å². The van der Waals surface area contributed by atoms with Gasteiger partial charge in [0.05, 0.1) is 35.9 Å². The maximum absolute atomic E-state index is 14.2. The highest BCUT2D eigenvalue weighted by atomic mass is 19.1. The van der Waals surface area contributed by atoms with Crippen LogP contribution in [0.25, 0.3) is 11.6 Å². The maximum Gasteiger partial charge on any atom is 0.238 e. The highest BCUT2D eigenvalue weighted by Crippen LogP contribution is 2.52. The molecule has 4 atom stereocenters. The molecule has 0 radical (unpaired) electrons. The average Bonchev–Trinajstić information content (AvgIpc) is 3.63. The zero-order valence-electron chi connectivity index (χ0n) is 27.0. The molecule has 7 rings (SSSR count). The van der Waals surface area contributed by atoms with Crippen molar-refractivity contribution in [2.24, 2.45) is 23.7 Å². The lowest BCUT2D eigenvalue weighted by Gasteiger charge is -2.33. The summed E-state index contributed by atoms with van der Waals surface area (Å²) in [5.74, 6) is -2.23. The molecular weight excluding hydrogens is 605 g/mol. The Kier molecular flexibility index (Phi) is 8.67. The molecule has 7 nitrogen and oxygen atoms in total. The zero-order valence-corrected chi connectivity index (χ0v) is 27.0. The number of pyridine rings is 1. The molecule has 3 aliphatic rings. The van der Waals surface area contributed by atoms with Crippen molar-refractivity contribution >= 4 is 40.5 Å². The Hall–Kier alpha value is -5.08. The van der Waals surface area contributed by atoms with E-state index < -0.39 is 23.4 Å². The van der Waals surface area contributed by atoms with Crippen molar-refractivity contribution in [3.05, 3.63) is 125 Å². The van der Waals surface area contributed by atoms with E-state index in [0.29, 0.717) is 37.1 Å². The van der Waals surface area contributed by atoms with Gasteiger partial charge >= 0.3 is 0 Å². The number of nitrogens with zero attached hydrogens (tertiary/aromatic N) is 2. The minimum atomic E-state index is -0.681. The molecule has 4 aromatic rings. The highest BCUT2D eigenvalue weighted by Gasteiger charge is 2.57. The Balaban J connectivity index is 1.13. The molecule has 1 aliphatic carbocycles.